The van der Waals surface area contributed by atoms with Crippen LogP contribution in [-0.2, 0) is 10.0 Å². The van der Waals surface area contributed by atoms with Crippen LogP contribution in [0.15, 0.2) is 47.8 Å². The van der Waals surface area contributed by atoms with Crippen LogP contribution in [0.25, 0.3) is 10.9 Å². The van der Waals surface area contributed by atoms with Crippen molar-refractivity contribution in [1.82, 2.24) is 15.2 Å². The third-order valence-electron chi connectivity index (χ3n) is 2.71. The Balaban J connectivity index is 2.06. The van der Waals surface area contributed by atoms with E-state index in [1.807, 2.05) is 0 Å². The lowest BCUT2D eigenvalue weighted by Gasteiger charge is -2.08. The van der Waals surface area contributed by atoms with Gasteiger partial charge < -0.3 is 0 Å². The van der Waals surface area contributed by atoms with Gasteiger partial charge in [0.2, 0.25) is 5.03 Å². The van der Waals surface area contributed by atoms with E-state index < -0.39 is 20.9 Å². The summed E-state index contributed by atoms with van der Waals surface area (Å²) >= 11 is 0. The van der Waals surface area contributed by atoms with Crippen LogP contribution >= 0.6 is 0 Å². The number of halogens is 1. The van der Waals surface area contributed by atoms with E-state index in [4.69, 9.17) is 0 Å². The molecule has 0 atom stereocenters. The maximum atomic E-state index is 13.5. The average Bonchev–Trinajstić information content (AvgIpc) is 2.88. The molecule has 0 saturated carbocycles. The largest absolute Gasteiger partial charge is 0.282 e. The molecule has 2 heterocycles. The summed E-state index contributed by atoms with van der Waals surface area (Å²) in [5.41, 5.74) is 0.980. The van der Waals surface area contributed by atoms with Gasteiger partial charge in [0.05, 0.1) is 17.4 Å². The molecule has 0 spiro atoms. The van der Waals surface area contributed by atoms with Crippen molar-refractivity contribution >= 4 is 26.6 Å². The highest BCUT2D eigenvalue weighted by atomic mass is 32.2. The first-order chi connectivity index (χ1) is 9.58. The summed E-state index contributed by atoms with van der Waals surface area (Å²) in [6, 6.07) is 7.34. The molecule has 102 valence electrons. The molecule has 2 N–H and O–H groups in total. The number of nitrogens with zero attached hydrogens (tertiary/aromatic N) is 2. The van der Waals surface area contributed by atoms with E-state index >= 15 is 0 Å². The van der Waals surface area contributed by atoms with Crippen LogP contribution in [0, 0.1) is 5.82 Å². The molecular formula is C12H9FN4O2S. The number of aromatic amines is 1. The number of nitrogens with one attached hydrogen (secondary N) is 2. The first kappa shape index (κ1) is 12.5. The lowest BCUT2D eigenvalue weighted by molar-refractivity contribution is 0.557. The molecule has 0 unspecified atom stereocenters. The number of pyridine rings is 1. The molecule has 6 nitrogen and oxygen atoms in total. The first-order valence-electron chi connectivity index (χ1n) is 5.63. The van der Waals surface area contributed by atoms with Crippen molar-refractivity contribution in [2.24, 2.45) is 0 Å². The quantitative estimate of drug-likeness (QED) is 0.771. The molecule has 0 bridgehead atoms. The zero-order chi connectivity index (χ0) is 14.2. The normalized spacial score (nSPS) is 11.7. The zero-order valence-corrected chi connectivity index (χ0v) is 10.9. The van der Waals surface area contributed by atoms with Crippen LogP contribution in [0.3, 0.4) is 0 Å². The molecule has 0 aliphatic rings. The van der Waals surface area contributed by atoms with Gasteiger partial charge in [-0.15, -0.1) is 0 Å². The molecule has 0 amide bonds. The van der Waals surface area contributed by atoms with Crippen molar-refractivity contribution in [2.45, 2.75) is 5.03 Å². The fourth-order valence-electron chi connectivity index (χ4n) is 1.82. The number of fused-ring (bicyclic) bond motifs is 1. The zero-order valence-electron chi connectivity index (χ0n) is 10.0. The second-order valence-corrected chi connectivity index (χ2v) is 5.63. The molecule has 3 aromatic rings. The standard InChI is InChI=1S/C12H9FN4O2S/c13-9-3-2-6-14-12(9)20(18,19)17-11-5-1-4-10-8(11)7-15-16-10/h1-7,17H,(H,15,16). The molecule has 0 fully saturated rings. The predicted molar refractivity (Wildman–Crippen MR) is 71.1 cm³/mol. The Morgan fingerprint density at radius 3 is 2.85 bits per heavy atom. The Morgan fingerprint density at radius 2 is 2.05 bits per heavy atom. The van der Waals surface area contributed by atoms with Crippen molar-refractivity contribution in [2.75, 3.05) is 4.72 Å². The molecular weight excluding hydrogens is 283 g/mol. The van der Waals surface area contributed by atoms with Gasteiger partial charge in [-0.2, -0.15) is 13.5 Å². The lowest BCUT2D eigenvalue weighted by Crippen LogP contribution is -2.16. The Labute approximate surface area is 113 Å². The molecule has 0 radical (unpaired) electrons. The van der Waals surface area contributed by atoms with Gasteiger partial charge in [0, 0.05) is 11.6 Å². The topological polar surface area (TPSA) is 87.7 Å². The third kappa shape index (κ3) is 2.10. The molecule has 3 rings (SSSR count). The minimum absolute atomic E-state index is 0.307. The summed E-state index contributed by atoms with van der Waals surface area (Å²) in [5.74, 6) is -0.903. The van der Waals surface area contributed by atoms with Gasteiger partial charge >= 0.3 is 0 Å². The van der Waals surface area contributed by atoms with Crippen LogP contribution in [0.5, 0.6) is 0 Å². The smallest absolute Gasteiger partial charge is 0.278 e. The van der Waals surface area contributed by atoms with Crippen molar-refractivity contribution < 1.29 is 12.8 Å². The van der Waals surface area contributed by atoms with Gasteiger partial charge in [-0.05, 0) is 24.3 Å². The predicted octanol–water partition coefficient (Wildman–Crippen LogP) is 1.90. The highest BCUT2D eigenvalue weighted by Crippen LogP contribution is 2.24. The number of rotatable bonds is 3. The van der Waals surface area contributed by atoms with E-state index in [0.29, 0.717) is 16.6 Å². The van der Waals surface area contributed by atoms with Crippen LogP contribution in [0.2, 0.25) is 0 Å². The summed E-state index contributed by atoms with van der Waals surface area (Å²) in [7, 11) is -4.09. The maximum absolute atomic E-state index is 13.5. The van der Waals surface area contributed by atoms with Gasteiger partial charge in [0.1, 0.15) is 0 Å². The number of hydrogen-bond donors (Lipinski definition) is 2. The summed E-state index contributed by atoms with van der Waals surface area (Å²) in [4.78, 5) is 3.56. The molecule has 0 saturated heterocycles. The van der Waals surface area contributed by atoms with Gasteiger partial charge in [-0.3, -0.25) is 9.82 Å². The summed E-state index contributed by atoms with van der Waals surface area (Å²) in [5, 5.41) is 6.51. The molecule has 8 heteroatoms. The number of anilines is 1. The van der Waals surface area contributed by atoms with Gasteiger partial charge in [-0.25, -0.2) is 9.37 Å². The Hall–Kier alpha value is -2.48. The van der Waals surface area contributed by atoms with Crippen molar-refractivity contribution in [1.29, 1.82) is 0 Å². The summed E-state index contributed by atoms with van der Waals surface area (Å²) in [6.07, 6.45) is 2.71. The van der Waals surface area contributed by atoms with Gasteiger partial charge in [0.25, 0.3) is 10.0 Å². The second kappa shape index (κ2) is 4.57. The second-order valence-electron chi connectivity index (χ2n) is 4.03. The molecule has 0 aliphatic heterocycles. The monoisotopic (exact) mass is 292 g/mol. The van der Waals surface area contributed by atoms with E-state index in [2.05, 4.69) is 19.9 Å². The van der Waals surface area contributed by atoms with Gasteiger partial charge in [-0.1, -0.05) is 6.07 Å². The van der Waals surface area contributed by atoms with E-state index in [9.17, 15) is 12.8 Å². The SMILES string of the molecule is O=S(=O)(Nc1cccc2[nH]ncc12)c1ncccc1F. The van der Waals surface area contributed by atoms with E-state index in [0.717, 1.165) is 6.07 Å². The Morgan fingerprint density at radius 1 is 1.20 bits per heavy atom. The number of H-pyrrole nitrogens is 1. The summed E-state index contributed by atoms with van der Waals surface area (Å²) in [6.45, 7) is 0. The summed E-state index contributed by atoms with van der Waals surface area (Å²) < 4.78 is 40.1. The molecule has 1 aromatic carbocycles. The lowest BCUT2D eigenvalue weighted by atomic mass is 10.2. The Bertz CT molecular complexity index is 876. The number of hydrogen-bond acceptors (Lipinski definition) is 4. The van der Waals surface area contributed by atoms with Crippen molar-refractivity contribution in [3.8, 4) is 0 Å². The van der Waals surface area contributed by atoms with E-state index in [-0.39, 0.29) is 0 Å². The number of sulfonamides is 1. The minimum atomic E-state index is -4.09. The van der Waals surface area contributed by atoms with Crippen molar-refractivity contribution in [3.63, 3.8) is 0 Å². The fourth-order valence-corrected chi connectivity index (χ4v) is 2.91. The minimum Gasteiger partial charge on any atom is -0.278 e. The van der Waals surface area contributed by atoms with E-state index in [1.54, 1.807) is 18.2 Å². The highest BCUT2D eigenvalue weighted by molar-refractivity contribution is 7.92. The highest BCUT2D eigenvalue weighted by Gasteiger charge is 2.21. The number of aromatic nitrogens is 3. The average molecular weight is 292 g/mol. The third-order valence-corrected chi connectivity index (χ3v) is 4.01. The van der Waals surface area contributed by atoms with Crippen LogP contribution in [0.1, 0.15) is 0 Å². The number of benzene rings is 1. The van der Waals surface area contributed by atoms with Gasteiger partial charge in [0.15, 0.2) is 5.82 Å². The maximum Gasteiger partial charge on any atom is 0.282 e. The van der Waals surface area contributed by atoms with Crippen LogP contribution in [0.4, 0.5) is 10.1 Å². The van der Waals surface area contributed by atoms with Crippen molar-refractivity contribution in [3.05, 3.63) is 48.5 Å². The van der Waals surface area contributed by atoms with Crippen LogP contribution < -0.4 is 4.72 Å². The molecule has 2 aromatic heterocycles. The fraction of sp³-hybridized carbons (Fsp3) is 0. The van der Waals surface area contributed by atoms with E-state index in [1.165, 1.54) is 18.5 Å². The first-order valence-corrected chi connectivity index (χ1v) is 7.12. The van der Waals surface area contributed by atoms with Crippen LogP contribution in [-0.4, -0.2) is 23.6 Å². The Kier molecular flexibility index (Phi) is 2.87. The molecule has 20 heavy (non-hydrogen) atoms. The molecule has 0 aliphatic carbocycles.